The molecule has 0 bridgehead atoms. The Balaban J connectivity index is 2.12. The van der Waals surface area contributed by atoms with E-state index < -0.39 is 0 Å². The average Bonchev–Trinajstić information content (AvgIpc) is 2.72. The molecule has 1 aromatic heterocycles. The van der Waals surface area contributed by atoms with Gasteiger partial charge in [0.1, 0.15) is 0 Å². The first-order valence-corrected chi connectivity index (χ1v) is 5.01. The molecule has 1 fully saturated rings. The minimum absolute atomic E-state index is 0.0254. The molecule has 0 aliphatic heterocycles. The molecule has 0 radical (unpaired) electrons. The molecule has 4 heteroatoms. The fraction of sp³-hybridized carbons (Fsp3) is 0.700. The summed E-state index contributed by atoms with van der Waals surface area (Å²) in [6.07, 6.45) is 6.10. The highest BCUT2D eigenvalue weighted by molar-refractivity contribution is 5.06. The van der Waals surface area contributed by atoms with Crippen LogP contribution in [0.25, 0.3) is 0 Å². The van der Waals surface area contributed by atoms with Gasteiger partial charge >= 0.3 is 0 Å². The molecule has 0 saturated heterocycles. The van der Waals surface area contributed by atoms with Gasteiger partial charge in [-0.05, 0) is 18.3 Å². The van der Waals surface area contributed by atoms with Crippen LogP contribution in [-0.4, -0.2) is 21.3 Å². The van der Waals surface area contributed by atoms with Crippen LogP contribution in [0.2, 0.25) is 0 Å². The van der Waals surface area contributed by atoms with Crippen molar-refractivity contribution in [3.63, 3.8) is 0 Å². The number of rotatable bonds is 4. The van der Waals surface area contributed by atoms with Gasteiger partial charge in [-0.1, -0.05) is 6.92 Å². The molecule has 0 spiro atoms. The van der Waals surface area contributed by atoms with Gasteiger partial charge in [-0.3, -0.25) is 0 Å². The van der Waals surface area contributed by atoms with E-state index in [1.165, 1.54) is 12.8 Å². The molecule has 0 aromatic carbocycles. The zero-order valence-electron chi connectivity index (χ0n) is 8.48. The molecule has 3 N–H and O–H groups in total. The van der Waals surface area contributed by atoms with E-state index in [2.05, 4.69) is 16.5 Å². The third-order valence-corrected chi connectivity index (χ3v) is 2.98. The predicted octanol–water partition coefficient (Wildman–Crippen LogP) is 0.675. The highest BCUT2D eigenvalue weighted by Crippen LogP contribution is 2.46. The van der Waals surface area contributed by atoms with E-state index in [0.29, 0.717) is 5.41 Å². The Kier molecular flexibility index (Phi) is 2.33. The van der Waals surface area contributed by atoms with E-state index in [1.807, 2.05) is 0 Å². The van der Waals surface area contributed by atoms with Crippen LogP contribution in [0.4, 0.5) is 0 Å². The lowest BCUT2D eigenvalue weighted by atomic mass is 10.1. The molecular weight excluding hydrogens is 178 g/mol. The highest BCUT2D eigenvalue weighted by Gasteiger charge is 2.37. The third kappa shape index (κ3) is 1.81. The Morgan fingerprint density at radius 3 is 3.00 bits per heavy atom. The fourth-order valence-corrected chi connectivity index (χ4v) is 1.65. The van der Waals surface area contributed by atoms with Gasteiger partial charge in [0.25, 0.3) is 0 Å². The Bertz CT molecular complexity index is 317. The van der Waals surface area contributed by atoms with Crippen LogP contribution >= 0.6 is 0 Å². The normalized spacial score (nSPS) is 20.8. The fourth-order valence-electron chi connectivity index (χ4n) is 1.65. The Morgan fingerprint density at radius 1 is 1.71 bits per heavy atom. The number of imidazole rings is 1. The lowest BCUT2D eigenvalue weighted by Crippen LogP contribution is -2.20. The van der Waals surface area contributed by atoms with E-state index in [4.69, 9.17) is 10.8 Å². The van der Waals surface area contributed by atoms with Gasteiger partial charge in [-0.25, -0.2) is 4.98 Å². The number of hydrogen-bond donors (Lipinski definition) is 2. The van der Waals surface area contributed by atoms with Crippen LogP contribution in [0.5, 0.6) is 0 Å². The van der Waals surface area contributed by atoms with Gasteiger partial charge in [0.2, 0.25) is 0 Å². The van der Waals surface area contributed by atoms with Crippen molar-refractivity contribution in [3.05, 3.63) is 18.2 Å². The maximum Gasteiger partial charge on any atom is 0.0948 e. The van der Waals surface area contributed by atoms with E-state index in [0.717, 1.165) is 12.2 Å². The first kappa shape index (κ1) is 9.68. The largest absolute Gasteiger partial charge is 0.394 e. The summed E-state index contributed by atoms with van der Waals surface area (Å²) in [4.78, 5) is 4.07. The van der Waals surface area contributed by atoms with Crippen molar-refractivity contribution in [3.8, 4) is 0 Å². The molecule has 1 aliphatic rings. The molecule has 1 heterocycles. The Labute approximate surface area is 83.8 Å². The molecule has 1 unspecified atom stereocenters. The minimum atomic E-state index is -0.306. The Hall–Kier alpha value is -0.870. The summed E-state index contributed by atoms with van der Waals surface area (Å²) in [7, 11) is 0. The van der Waals surface area contributed by atoms with Crippen molar-refractivity contribution in [2.24, 2.45) is 11.1 Å². The van der Waals surface area contributed by atoms with Gasteiger partial charge in [-0.2, -0.15) is 0 Å². The number of aromatic nitrogens is 2. The summed E-state index contributed by atoms with van der Waals surface area (Å²) in [5.41, 5.74) is 7.13. The van der Waals surface area contributed by atoms with Crippen molar-refractivity contribution >= 4 is 0 Å². The van der Waals surface area contributed by atoms with Gasteiger partial charge in [0.15, 0.2) is 0 Å². The first-order chi connectivity index (χ1) is 6.64. The number of nitrogens with zero attached hydrogens (tertiary/aromatic N) is 2. The van der Waals surface area contributed by atoms with Crippen LogP contribution in [0.1, 0.15) is 31.5 Å². The summed E-state index contributed by atoms with van der Waals surface area (Å²) in [5, 5.41) is 8.98. The second-order valence-electron chi connectivity index (χ2n) is 4.55. The molecule has 14 heavy (non-hydrogen) atoms. The van der Waals surface area contributed by atoms with Gasteiger partial charge in [-0.15, -0.1) is 0 Å². The molecule has 1 aliphatic carbocycles. The summed E-state index contributed by atoms with van der Waals surface area (Å²) in [5.74, 6) is 0. The smallest absolute Gasteiger partial charge is 0.0948 e. The molecule has 0 amide bonds. The van der Waals surface area contributed by atoms with Crippen molar-refractivity contribution < 1.29 is 5.11 Å². The second-order valence-corrected chi connectivity index (χ2v) is 4.55. The van der Waals surface area contributed by atoms with Crippen LogP contribution in [0.15, 0.2) is 12.5 Å². The quantitative estimate of drug-likeness (QED) is 0.742. The van der Waals surface area contributed by atoms with E-state index in [-0.39, 0.29) is 12.6 Å². The summed E-state index contributed by atoms with van der Waals surface area (Å²) in [6, 6.07) is -0.306. The first-order valence-electron chi connectivity index (χ1n) is 5.01. The van der Waals surface area contributed by atoms with Crippen molar-refractivity contribution in [2.75, 3.05) is 6.61 Å². The molecule has 1 saturated carbocycles. The zero-order chi connectivity index (χ0) is 10.2. The summed E-state index contributed by atoms with van der Waals surface area (Å²) in [6.45, 7) is 3.21. The van der Waals surface area contributed by atoms with E-state index >= 15 is 0 Å². The SMILES string of the molecule is CC1(Cn2cncc2C(N)CO)CC1. The monoisotopic (exact) mass is 195 g/mol. The van der Waals surface area contributed by atoms with Crippen molar-refractivity contribution in [2.45, 2.75) is 32.4 Å². The number of aliphatic hydroxyl groups excluding tert-OH is 1. The zero-order valence-corrected chi connectivity index (χ0v) is 8.48. The van der Waals surface area contributed by atoms with E-state index in [9.17, 15) is 0 Å². The van der Waals surface area contributed by atoms with Gasteiger partial charge < -0.3 is 15.4 Å². The molecule has 4 nitrogen and oxygen atoms in total. The number of nitrogens with two attached hydrogens (primary N) is 1. The maximum absolute atomic E-state index is 8.98. The van der Waals surface area contributed by atoms with Crippen molar-refractivity contribution in [1.82, 2.24) is 9.55 Å². The lowest BCUT2D eigenvalue weighted by molar-refractivity contribution is 0.261. The standard InChI is InChI=1S/C10H17N3O/c1-10(2-3-10)6-13-7-12-4-9(13)8(11)5-14/h4,7-8,14H,2-3,5-6,11H2,1H3. The topological polar surface area (TPSA) is 64.1 Å². The third-order valence-electron chi connectivity index (χ3n) is 2.98. The maximum atomic E-state index is 8.98. The molecule has 78 valence electrons. The average molecular weight is 195 g/mol. The summed E-state index contributed by atoms with van der Waals surface area (Å²) < 4.78 is 2.06. The molecule has 1 aromatic rings. The Morgan fingerprint density at radius 2 is 2.43 bits per heavy atom. The number of hydrogen-bond acceptors (Lipinski definition) is 3. The number of aliphatic hydroxyl groups is 1. The van der Waals surface area contributed by atoms with Crippen LogP contribution in [0.3, 0.4) is 0 Å². The van der Waals surface area contributed by atoms with Crippen LogP contribution in [0, 0.1) is 5.41 Å². The summed E-state index contributed by atoms with van der Waals surface area (Å²) >= 11 is 0. The van der Waals surface area contributed by atoms with Crippen LogP contribution < -0.4 is 5.73 Å². The molecule has 1 atom stereocenters. The minimum Gasteiger partial charge on any atom is -0.394 e. The molecule has 2 rings (SSSR count). The van der Waals surface area contributed by atoms with E-state index in [1.54, 1.807) is 12.5 Å². The van der Waals surface area contributed by atoms with Gasteiger partial charge in [0.05, 0.1) is 24.7 Å². The van der Waals surface area contributed by atoms with Crippen molar-refractivity contribution in [1.29, 1.82) is 0 Å². The second kappa shape index (κ2) is 3.37. The van der Waals surface area contributed by atoms with Crippen LogP contribution in [-0.2, 0) is 6.54 Å². The molecular formula is C10H17N3O. The highest BCUT2D eigenvalue weighted by atomic mass is 16.3. The van der Waals surface area contributed by atoms with Gasteiger partial charge in [0, 0.05) is 12.7 Å². The predicted molar refractivity (Wildman–Crippen MR) is 53.6 cm³/mol. The lowest BCUT2D eigenvalue weighted by Gasteiger charge is -2.15.